The number of aromatic nitrogens is 4. The van der Waals surface area contributed by atoms with E-state index in [-0.39, 0.29) is 0 Å². The SMILES string of the molecule is c1ccc(-c2nc(-c3ccc(-n4c5ccccc5c5ccccc54)cc3)nc(-c3cccc(-c4ccc5oc6ccccc6c5c4)c3)n2)cc1. The maximum absolute atomic E-state index is 6.08. The molecule has 10 rings (SSSR count). The minimum absolute atomic E-state index is 0.622. The van der Waals surface area contributed by atoms with Crippen LogP contribution in [0.15, 0.2) is 174 Å². The van der Waals surface area contributed by atoms with Gasteiger partial charge in [-0.1, -0.05) is 109 Å². The third-order valence-electron chi connectivity index (χ3n) is 9.46. The first kappa shape index (κ1) is 28.2. The molecule has 0 saturated heterocycles. The van der Waals surface area contributed by atoms with Crippen molar-refractivity contribution in [2.45, 2.75) is 0 Å². The number of para-hydroxylation sites is 3. The highest BCUT2D eigenvalue weighted by Crippen LogP contribution is 2.35. The molecule has 7 aromatic carbocycles. The number of nitrogens with zero attached hydrogens (tertiary/aromatic N) is 4. The molecule has 10 aromatic rings. The minimum Gasteiger partial charge on any atom is -0.456 e. The van der Waals surface area contributed by atoms with Crippen LogP contribution >= 0.6 is 0 Å². The Morgan fingerprint density at radius 3 is 1.56 bits per heavy atom. The standard InChI is InChI=1S/C45H28N4O/c1-2-11-29(12-3-1)43-46-44(30-21-24-34(25-22-30)49-39-18-7-4-15-35(39)36-16-5-8-19-40(36)49)48-45(47-43)33-14-10-13-31(27-33)32-23-26-42-38(28-32)37-17-6-9-20-41(37)50-42/h1-28H. The van der Waals surface area contributed by atoms with Gasteiger partial charge in [0.15, 0.2) is 17.5 Å². The molecule has 0 amide bonds. The van der Waals surface area contributed by atoms with Gasteiger partial charge in [-0.05, 0) is 71.8 Å². The number of hydrogen-bond acceptors (Lipinski definition) is 4. The highest BCUT2D eigenvalue weighted by Gasteiger charge is 2.16. The van der Waals surface area contributed by atoms with E-state index in [1.54, 1.807) is 0 Å². The first-order chi connectivity index (χ1) is 24.8. The molecule has 50 heavy (non-hydrogen) atoms. The van der Waals surface area contributed by atoms with Gasteiger partial charge in [0.05, 0.1) is 11.0 Å². The quantitative estimate of drug-likeness (QED) is 0.188. The van der Waals surface area contributed by atoms with Crippen LogP contribution in [0.25, 0.3) is 94.7 Å². The summed E-state index contributed by atoms with van der Waals surface area (Å²) in [5, 5.41) is 4.69. The fourth-order valence-corrected chi connectivity index (χ4v) is 7.05. The van der Waals surface area contributed by atoms with E-state index in [1.165, 1.54) is 21.8 Å². The van der Waals surface area contributed by atoms with Gasteiger partial charge in [-0.25, -0.2) is 15.0 Å². The molecule has 0 radical (unpaired) electrons. The topological polar surface area (TPSA) is 56.7 Å². The zero-order valence-corrected chi connectivity index (χ0v) is 26.9. The van der Waals surface area contributed by atoms with Crippen LogP contribution in [0.2, 0.25) is 0 Å². The molecule has 0 bridgehead atoms. The molecule has 5 nitrogen and oxygen atoms in total. The average Bonchev–Trinajstić information content (AvgIpc) is 3.74. The summed E-state index contributed by atoms with van der Waals surface area (Å²) in [7, 11) is 0. The maximum atomic E-state index is 6.08. The monoisotopic (exact) mass is 640 g/mol. The molecule has 5 heteroatoms. The van der Waals surface area contributed by atoms with E-state index in [0.717, 1.165) is 55.4 Å². The molecule has 0 aliphatic heterocycles. The van der Waals surface area contributed by atoms with Crippen molar-refractivity contribution >= 4 is 43.7 Å². The van der Waals surface area contributed by atoms with Crippen molar-refractivity contribution in [3.05, 3.63) is 170 Å². The van der Waals surface area contributed by atoms with E-state index < -0.39 is 0 Å². The molecule has 234 valence electrons. The van der Waals surface area contributed by atoms with Crippen LogP contribution in [0.5, 0.6) is 0 Å². The highest BCUT2D eigenvalue weighted by atomic mass is 16.3. The Hall–Kier alpha value is -6.85. The fraction of sp³-hybridized carbons (Fsp3) is 0. The molecule has 0 spiro atoms. The summed E-state index contributed by atoms with van der Waals surface area (Å²) in [5.41, 5.74) is 10.2. The van der Waals surface area contributed by atoms with Crippen LogP contribution in [0.1, 0.15) is 0 Å². The van der Waals surface area contributed by atoms with Crippen molar-refractivity contribution in [2.75, 3.05) is 0 Å². The van der Waals surface area contributed by atoms with Crippen LogP contribution in [-0.2, 0) is 0 Å². The van der Waals surface area contributed by atoms with E-state index in [4.69, 9.17) is 19.4 Å². The van der Waals surface area contributed by atoms with Gasteiger partial charge in [0.2, 0.25) is 0 Å². The minimum atomic E-state index is 0.622. The molecular formula is C45H28N4O. The number of benzene rings is 7. The van der Waals surface area contributed by atoms with Crippen molar-refractivity contribution in [2.24, 2.45) is 0 Å². The summed E-state index contributed by atoms with van der Waals surface area (Å²) in [6.07, 6.45) is 0. The first-order valence-electron chi connectivity index (χ1n) is 16.7. The number of rotatable bonds is 5. The van der Waals surface area contributed by atoms with Crippen molar-refractivity contribution < 1.29 is 4.42 Å². The summed E-state index contributed by atoms with van der Waals surface area (Å²) < 4.78 is 8.40. The Morgan fingerprint density at radius 2 is 0.840 bits per heavy atom. The lowest BCUT2D eigenvalue weighted by molar-refractivity contribution is 0.669. The van der Waals surface area contributed by atoms with Crippen LogP contribution in [0.4, 0.5) is 0 Å². The van der Waals surface area contributed by atoms with E-state index in [0.29, 0.717) is 17.5 Å². The van der Waals surface area contributed by atoms with Crippen LogP contribution in [-0.4, -0.2) is 19.5 Å². The van der Waals surface area contributed by atoms with Crippen LogP contribution < -0.4 is 0 Å². The Labute approximate surface area is 287 Å². The molecule has 0 atom stereocenters. The number of hydrogen-bond donors (Lipinski definition) is 0. The predicted molar refractivity (Wildman–Crippen MR) is 203 cm³/mol. The van der Waals surface area contributed by atoms with Crippen molar-refractivity contribution in [3.63, 3.8) is 0 Å². The third-order valence-corrected chi connectivity index (χ3v) is 9.46. The first-order valence-corrected chi connectivity index (χ1v) is 16.7. The highest BCUT2D eigenvalue weighted by molar-refractivity contribution is 6.09. The van der Waals surface area contributed by atoms with Crippen LogP contribution in [0.3, 0.4) is 0 Å². The second kappa shape index (κ2) is 11.4. The van der Waals surface area contributed by atoms with Crippen molar-refractivity contribution in [3.8, 4) is 51.0 Å². The molecule has 0 saturated carbocycles. The molecule has 0 aliphatic carbocycles. The molecular weight excluding hydrogens is 613 g/mol. The smallest absolute Gasteiger partial charge is 0.164 e. The van der Waals surface area contributed by atoms with Crippen molar-refractivity contribution in [1.82, 2.24) is 19.5 Å². The zero-order chi connectivity index (χ0) is 33.0. The maximum Gasteiger partial charge on any atom is 0.164 e. The van der Waals surface area contributed by atoms with Gasteiger partial charge in [0.1, 0.15) is 11.2 Å². The fourth-order valence-electron chi connectivity index (χ4n) is 7.05. The summed E-state index contributed by atoms with van der Waals surface area (Å²) >= 11 is 0. The van der Waals surface area contributed by atoms with Gasteiger partial charge in [-0.15, -0.1) is 0 Å². The molecule has 0 unspecified atom stereocenters. The Morgan fingerprint density at radius 1 is 0.340 bits per heavy atom. The second-order valence-corrected chi connectivity index (χ2v) is 12.5. The van der Waals surface area contributed by atoms with Crippen LogP contribution in [0, 0.1) is 0 Å². The Kier molecular flexibility index (Phi) is 6.42. The molecule has 0 aliphatic rings. The van der Waals surface area contributed by atoms with Gasteiger partial charge in [-0.3, -0.25) is 0 Å². The predicted octanol–water partition coefficient (Wildman–Crippen LogP) is 11.5. The van der Waals surface area contributed by atoms with Gasteiger partial charge in [0.25, 0.3) is 0 Å². The second-order valence-electron chi connectivity index (χ2n) is 12.5. The molecule has 3 heterocycles. The Bertz CT molecular complexity index is 2810. The van der Waals surface area contributed by atoms with Gasteiger partial charge < -0.3 is 8.98 Å². The molecule has 0 fully saturated rings. The lowest BCUT2D eigenvalue weighted by Crippen LogP contribution is -2.00. The number of fused-ring (bicyclic) bond motifs is 6. The van der Waals surface area contributed by atoms with E-state index in [1.807, 2.05) is 48.5 Å². The van der Waals surface area contributed by atoms with E-state index >= 15 is 0 Å². The summed E-state index contributed by atoms with van der Waals surface area (Å²) in [4.78, 5) is 15.1. The van der Waals surface area contributed by atoms with Gasteiger partial charge in [-0.2, -0.15) is 0 Å². The summed E-state index contributed by atoms with van der Waals surface area (Å²) in [5.74, 6) is 1.88. The van der Waals surface area contributed by atoms with E-state index in [9.17, 15) is 0 Å². The molecule has 0 N–H and O–H groups in total. The van der Waals surface area contributed by atoms with Crippen molar-refractivity contribution in [1.29, 1.82) is 0 Å². The summed E-state index contributed by atoms with van der Waals surface area (Å²) in [6, 6.07) is 58.6. The average molecular weight is 641 g/mol. The summed E-state index contributed by atoms with van der Waals surface area (Å²) in [6.45, 7) is 0. The Balaban J connectivity index is 1.08. The van der Waals surface area contributed by atoms with Gasteiger partial charge >= 0.3 is 0 Å². The largest absolute Gasteiger partial charge is 0.456 e. The van der Waals surface area contributed by atoms with Gasteiger partial charge in [0, 0.05) is 43.9 Å². The number of furan rings is 1. The zero-order valence-electron chi connectivity index (χ0n) is 26.9. The third kappa shape index (κ3) is 4.67. The van der Waals surface area contributed by atoms with E-state index in [2.05, 4.69) is 126 Å². The molecule has 3 aromatic heterocycles. The lowest BCUT2D eigenvalue weighted by atomic mass is 10.0. The normalized spacial score (nSPS) is 11.6. The lowest BCUT2D eigenvalue weighted by Gasteiger charge is -2.11.